The maximum atomic E-state index is 14.2. The predicted molar refractivity (Wildman–Crippen MR) is 69.5 cm³/mol. The Morgan fingerprint density at radius 1 is 1.20 bits per heavy atom. The molecule has 20 heavy (non-hydrogen) atoms. The fourth-order valence-electron chi connectivity index (χ4n) is 3.21. The Morgan fingerprint density at radius 2 is 1.90 bits per heavy atom. The summed E-state index contributed by atoms with van der Waals surface area (Å²) in [6.45, 7) is 1.29. The molecule has 5 nitrogen and oxygen atoms in total. The van der Waals surface area contributed by atoms with E-state index in [1.54, 1.807) is 6.07 Å². The molecule has 104 valence electrons. The maximum absolute atomic E-state index is 14.2. The number of morpholine rings is 1. The zero-order valence-electron chi connectivity index (χ0n) is 10.7. The number of halogens is 1. The first-order valence-electron chi connectivity index (χ1n) is 6.71. The van der Waals surface area contributed by atoms with Gasteiger partial charge in [0.1, 0.15) is 5.82 Å². The van der Waals surface area contributed by atoms with Gasteiger partial charge in [0, 0.05) is 13.1 Å². The molecular weight excluding hydrogens is 263 g/mol. The Hall–Kier alpha value is -1.95. The number of ether oxygens (including phenoxy) is 1. The second-order valence-electron chi connectivity index (χ2n) is 5.49. The topological polar surface area (TPSA) is 58.6 Å². The molecule has 2 fully saturated rings. The Balaban J connectivity index is 1.71. The highest BCUT2D eigenvalue weighted by molar-refractivity contribution is 6.51. The van der Waals surface area contributed by atoms with Gasteiger partial charge in [0.15, 0.2) is 0 Å². The van der Waals surface area contributed by atoms with Gasteiger partial charge >= 0.3 is 0 Å². The third-order valence-electron chi connectivity index (χ3n) is 4.17. The Kier molecular flexibility index (Phi) is 2.38. The van der Waals surface area contributed by atoms with E-state index >= 15 is 0 Å². The van der Waals surface area contributed by atoms with Crippen molar-refractivity contribution >= 4 is 23.1 Å². The number of rotatable bonds is 1. The van der Waals surface area contributed by atoms with Crippen LogP contribution in [0.25, 0.3) is 0 Å². The van der Waals surface area contributed by atoms with Gasteiger partial charge in [-0.25, -0.2) is 4.39 Å². The minimum absolute atomic E-state index is 0.118. The number of fused-ring (bicyclic) bond motifs is 3. The van der Waals surface area contributed by atoms with Crippen LogP contribution < -0.4 is 10.2 Å². The van der Waals surface area contributed by atoms with Crippen LogP contribution in [0.2, 0.25) is 0 Å². The molecule has 3 aliphatic heterocycles. The first-order valence-corrected chi connectivity index (χ1v) is 6.71. The van der Waals surface area contributed by atoms with Crippen LogP contribution in [0.5, 0.6) is 0 Å². The average Bonchev–Trinajstić information content (AvgIpc) is 2.90. The number of nitrogens with zero attached hydrogens (tertiary/aromatic N) is 1. The van der Waals surface area contributed by atoms with Gasteiger partial charge in [-0.15, -0.1) is 0 Å². The monoisotopic (exact) mass is 276 g/mol. The molecule has 0 aromatic heterocycles. The number of carbonyl (C=O) groups is 2. The number of ketones is 1. The van der Waals surface area contributed by atoms with E-state index in [-0.39, 0.29) is 17.8 Å². The summed E-state index contributed by atoms with van der Waals surface area (Å²) in [5.74, 6) is -1.83. The lowest BCUT2D eigenvalue weighted by molar-refractivity contribution is -0.112. The highest BCUT2D eigenvalue weighted by Gasteiger charge is 2.36. The fraction of sp³-hybridized carbons (Fsp3) is 0.429. The fourth-order valence-corrected chi connectivity index (χ4v) is 3.21. The van der Waals surface area contributed by atoms with Gasteiger partial charge < -0.3 is 15.0 Å². The van der Waals surface area contributed by atoms with Gasteiger partial charge in [-0.3, -0.25) is 9.59 Å². The molecular formula is C14H13FN2O3. The SMILES string of the molecule is O=C1Nc2cc(N3CC4CCC(C3)O4)c(F)cc2C1=O. The van der Waals surface area contributed by atoms with Gasteiger partial charge in [-0.2, -0.15) is 0 Å². The summed E-state index contributed by atoms with van der Waals surface area (Å²) in [7, 11) is 0. The minimum atomic E-state index is -0.696. The molecule has 1 N–H and O–H groups in total. The summed E-state index contributed by atoms with van der Waals surface area (Å²) in [6.07, 6.45) is 2.31. The van der Waals surface area contributed by atoms with Crippen molar-refractivity contribution in [2.24, 2.45) is 0 Å². The molecule has 0 aliphatic carbocycles. The van der Waals surface area contributed by atoms with Crippen LogP contribution in [-0.4, -0.2) is 37.0 Å². The van der Waals surface area contributed by atoms with E-state index in [2.05, 4.69) is 5.32 Å². The number of Topliss-reactive ketones (excluding diaryl/α,β-unsaturated/α-hetero) is 1. The van der Waals surface area contributed by atoms with E-state index < -0.39 is 17.5 Å². The maximum Gasteiger partial charge on any atom is 0.296 e. The first-order chi connectivity index (χ1) is 9.61. The summed E-state index contributed by atoms with van der Waals surface area (Å²) in [5, 5.41) is 2.48. The molecule has 4 rings (SSSR count). The van der Waals surface area contributed by atoms with Crippen LogP contribution in [0.4, 0.5) is 15.8 Å². The van der Waals surface area contributed by atoms with Crippen molar-refractivity contribution in [3.8, 4) is 0 Å². The smallest absolute Gasteiger partial charge is 0.296 e. The molecule has 2 unspecified atom stereocenters. The third-order valence-corrected chi connectivity index (χ3v) is 4.17. The molecule has 3 heterocycles. The molecule has 2 atom stereocenters. The van der Waals surface area contributed by atoms with Gasteiger partial charge in [0.2, 0.25) is 0 Å². The van der Waals surface area contributed by atoms with E-state index in [1.807, 2.05) is 4.90 Å². The van der Waals surface area contributed by atoms with Crippen LogP contribution in [0.15, 0.2) is 12.1 Å². The van der Waals surface area contributed by atoms with E-state index in [4.69, 9.17) is 4.74 Å². The molecule has 6 heteroatoms. The minimum Gasteiger partial charge on any atom is -0.371 e. The second kappa shape index (κ2) is 4.02. The highest BCUT2D eigenvalue weighted by atomic mass is 19.1. The van der Waals surface area contributed by atoms with E-state index in [0.29, 0.717) is 24.5 Å². The lowest BCUT2D eigenvalue weighted by atomic mass is 10.1. The van der Waals surface area contributed by atoms with E-state index in [9.17, 15) is 14.0 Å². The van der Waals surface area contributed by atoms with Crippen molar-refractivity contribution in [3.63, 3.8) is 0 Å². The van der Waals surface area contributed by atoms with Crippen molar-refractivity contribution in [2.45, 2.75) is 25.0 Å². The largest absolute Gasteiger partial charge is 0.371 e. The Labute approximate surface area is 114 Å². The number of carbonyl (C=O) groups excluding carboxylic acids is 2. The Bertz CT molecular complexity index is 619. The quantitative estimate of drug-likeness (QED) is 0.786. The highest BCUT2D eigenvalue weighted by Crippen LogP contribution is 2.35. The van der Waals surface area contributed by atoms with E-state index in [1.165, 1.54) is 0 Å². The molecule has 2 saturated heterocycles. The lowest BCUT2D eigenvalue weighted by Gasteiger charge is -2.34. The number of hydrogen-bond acceptors (Lipinski definition) is 4. The van der Waals surface area contributed by atoms with Crippen molar-refractivity contribution in [2.75, 3.05) is 23.3 Å². The number of anilines is 2. The normalized spacial score (nSPS) is 27.8. The molecule has 1 aromatic rings. The van der Waals surface area contributed by atoms with Crippen LogP contribution in [0.1, 0.15) is 23.2 Å². The zero-order valence-corrected chi connectivity index (χ0v) is 10.7. The van der Waals surface area contributed by atoms with Crippen molar-refractivity contribution in [3.05, 3.63) is 23.5 Å². The number of nitrogens with one attached hydrogen (secondary N) is 1. The zero-order chi connectivity index (χ0) is 13.9. The van der Waals surface area contributed by atoms with Gasteiger partial charge in [0.25, 0.3) is 11.7 Å². The standard InChI is InChI=1S/C14H13FN2O3/c15-10-3-9-11(16-14(19)13(9)18)4-12(10)17-5-7-1-2-8(6-17)20-7/h3-4,7-8H,1-2,5-6H2,(H,16,18,19). The molecule has 0 saturated carbocycles. The van der Waals surface area contributed by atoms with Crippen molar-refractivity contribution < 1.29 is 18.7 Å². The average molecular weight is 276 g/mol. The van der Waals surface area contributed by atoms with Crippen molar-refractivity contribution in [1.29, 1.82) is 0 Å². The molecule has 0 radical (unpaired) electrons. The molecule has 1 aromatic carbocycles. The van der Waals surface area contributed by atoms with E-state index in [0.717, 1.165) is 18.9 Å². The summed E-state index contributed by atoms with van der Waals surface area (Å²) >= 11 is 0. The third kappa shape index (κ3) is 1.64. The van der Waals surface area contributed by atoms with Gasteiger partial charge in [-0.05, 0) is 25.0 Å². The van der Waals surface area contributed by atoms with Crippen LogP contribution in [0, 0.1) is 5.82 Å². The first kappa shape index (κ1) is 11.8. The summed E-state index contributed by atoms with van der Waals surface area (Å²) < 4.78 is 20.0. The van der Waals surface area contributed by atoms with Crippen LogP contribution in [-0.2, 0) is 9.53 Å². The van der Waals surface area contributed by atoms with Crippen LogP contribution >= 0.6 is 0 Å². The van der Waals surface area contributed by atoms with Crippen LogP contribution in [0.3, 0.4) is 0 Å². The second-order valence-corrected chi connectivity index (χ2v) is 5.49. The summed E-state index contributed by atoms with van der Waals surface area (Å²) in [5.41, 5.74) is 0.946. The van der Waals surface area contributed by atoms with Crippen molar-refractivity contribution in [1.82, 2.24) is 0 Å². The van der Waals surface area contributed by atoms with Gasteiger partial charge in [0.05, 0.1) is 29.1 Å². The summed E-state index contributed by atoms with van der Waals surface area (Å²) in [4.78, 5) is 24.8. The molecule has 0 spiro atoms. The number of hydrogen-bond donors (Lipinski definition) is 1. The molecule has 3 aliphatic rings. The summed E-state index contributed by atoms with van der Waals surface area (Å²) in [6, 6.07) is 2.71. The number of benzene rings is 1. The Morgan fingerprint density at radius 3 is 2.60 bits per heavy atom. The molecule has 2 bridgehead atoms. The lowest BCUT2D eigenvalue weighted by Crippen LogP contribution is -2.43. The molecule has 1 amide bonds. The number of amides is 1. The van der Waals surface area contributed by atoms with Gasteiger partial charge in [-0.1, -0.05) is 0 Å². The predicted octanol–water partition coefficient (Wildman–Crippen LogP) is 1.33.